The summed E-state index contributed by atoms with van der Waals surface area (Å²) in [4.78, 5) is 22.6. The van der Waals surface area contributed by atoms with E-state index in [4.69, 9.17) is 19.2 Å². The van der Waals surface area contributed by atoms with E-state index >= 15 is 0 Å². The van der Waals surface area contributed by atoms with E-state index in [1.807, 2.05) is 32.4 Å². The lowest BCUT2D eigenvalue weighted by Gasteiger charge is -2.30. The van der Waals surface area contributed by atoms with Crippen LogP contribution in [0, 0.1) is 5.92 Å². The highest BCUT2D eigenvalue weighted by Gasteiger charge is 2.24. The average molecular weight is 508 g/mol. The molecule has 1 N–H and O–H groups in total. The van der Waals surface area contributed by atoms with Crippen molar-refractivity contribution in [1.82, 2.24) is 24.8 Å². The maximum Gasteiger partial charge on any atom is 0.225 e. The number of hydrogen-bond donors (Lipinski definition) is 1. The maximum atomic E-state index is 6.50. The van der Waals surface area contributed by atoms with Crippen LogP contribution < -0.4 is 19.7 Å². The van der Waals surface area contributed by atoms with Crippen molar-refractivity contribution < 1.29 is 14.2 Å². The Morgan fingerprint density at radius 3 is 2.62 bits per heavy atom. The van der Waals surface area contributed by atoms with Gasteiger partial charge in [0.05, 0.1) is 36.5 Å². The molecule has 3 aromatic heterocycles. The first-order valence-corrected chi connectivity index (χ1v) is 13.2. The second kappa shape index (κ2) is 12.3. The molecule has 5 rings (SSSR count). The summed E-state index contributed by atoms with van der Waals surface area (Å²) in [5.41, 5.74) is 0.918. The molecule has 1 saturated heterocycles. The molecule has 37 heavy (non-hydrogen) atoms. The van der Waals surface area contributed by atoms with Gasteiger partial charge in [-0.2, -0.15) is 4.98 Å². The molecule has 0 aromatic carbocycles. The van der Waals surface area contributed by atoms with Gasteiger partial charge in [-0.05, 0) is 57.8 Å². The molecule has 0 amide bonds. The van der Waals surface area contributed by atoms with Gasteiger partial charge in [-0.25, -0.2) is 9.97 Å². The smallest absolute Gasteiger partial charge is 0.225 e. The van der Waals surface area contributed by atoms with Crippen molar-refractivity contribution in [1.29, 1.82) is 0 Å². The van der Waals surface area contributed by atoms with Crippen LogP contribution >= 0.6 is 0 Å². The van der Waals surface area contributed by atoms with Crippen molar-refractivity contribution in [2.24, 2.45) is 5.92 Å². The minimum Gasteiger partial charge on any atom is -0.489 e. The Kier molecular flexibility index (Phi) is 8.47. The average Bonchev–Trinajstić information content (AvgIpc) is 2.93. The summed E-state index contributed by atoms with van der Waals surface area (Å²) in [5.74, 6) is 3.50. The molecule has 1 aliphatic heterocycles. The van der Waals surface area contributed by atoms with E-state index in [0.29, 0.717) is 30.1 Å². The topological polar surface area (TPSA) is 97.8 Å². The predicted octanol–water partition coefficient (Wildman–Crippen LogP) is 3.25. The summed E-state index contributed by atoms with van der Waals surface area (Å²) in [5, 5.41) is 4.35. The van der Waals surface area contributed by atoms with Gasteiger partial charge in [0.1, 0.15) is 18.5 Å². The van der Waals surface area contributed by atoms with Crippen molar-refractivity contribution in [3.8, 4) is 11.6 Å². The lowest BCUT2D eigenvalue weighted by atomic mass is 9.87. The number of rotatable bonds is 10. The van der Waals surface area contributed by atoms with Crippen LogP contribution in [0.1, 0.15) is 25.7 Å². The van der Waals surface area contributed by atoms with Crippen LogP contribution in [-0.4, -0.2) is 91.0 Å². The van der Waals surface area contributed by atoms with Gasteiger partial charge in [0.2, 0.25) is 11.8 Å². The number of aromatic nitrogens is 4. The van der Waals surface area contributed by atoms with E-state index in [2.05, 4.69) is 36.1 Å². The number of fused-ring (bicyclic) bond motifs is 1. The van der Waals surface area contributed by atoms with E-state index in [1.165, 1.54) is 0 Å². The molecular weight excluding hydrogens is 470 g/mol. The molecule has 0 unspecified atom stereocenters. The summed E-state index contributed by atoms with van der Waals surface area (Å²) in [6.07, 6.45) is 9.60. The zero-order valence-corrected chi connectivity index (χ0v) is 21.8. The number of ether oxygens (including phenoxy) is 3. The SMILES string of the molecule is CN(C)CCOc1cnc(NCC2CCC(Oc3nc(N4CCOCC4)cc4ncccc34)CC2)nc1. The van der Waals surface area contributed by atoms with E-state index in [0.717, 1.165) is 81.8 Å². The van der Waals surface area contributed by atoms with Gasteiger partial charge in [0.15, 0.2) is 5.75 Å². The minimum absolute atomic E-state index is 0.155. The number of likely N-dealkylation sites (N-methyl/N-ethyl adjacent to an activating group) is 1. The minimum atomic E-state index is 0.155. The number of nitrogens with zero attached hydrogens (tertiary/aromatic N) is 6. The molecular formula is C27H37N7O3. The van der Waals surface area contributed by atoms with Crippen LogP contribution in [-0.2, 0) is 4.74 Å². The van der Waals surface area contributed by atoms with E-state index in [9.17, 15) is 0 Å². The van der Waals surface area contributed by atoms with Gasteiger partial charge in [-0.3, -0.25) is 4.98 Å². The van der Waals surface area contributed by atoms with Gasteiger partial charge in [0, 0.05) is 38.4 Å². The number of hydrogen-bond acceptors (Lipinski definition) is 10. The standard InChI is InChI=1S/C27H37N7O3/c1-33(2)10-15-36-22-18-30-27(31-19-22)29-17-20-5-7-21(8-6-20)37-26-23-4-3-9-28-24(23)16-25(32-26)34-11-13-35-14-12-34/h3-4,9,16,18-21H,5-8,10-15,17H2,1-2H3,(H,29,30,31). The normalized spacial score (nSPS) is 20.2. The van der Waals surface area contributed by atoms with Crippen molar-refractivity contribution in [2.45, 2.75) is 31.8 Å². The van der Waals surface area contributed by atoms with Gasteiger partial charge >= 0.3 is 0 Å². The number of nitrogens with one attached hydrogen (secondary N) is 1. The zero-order valence-electron chi connectivity index (χ0n) is 21.8. The van der Waals surface area contributed by atoms with Crippen molar-refractivity contribution in [3.63, 3.8) is 0 Å². The molecule has 198 valence electrons. The summed E-state index contributed by atoms with van der Waals surface area (Å²) >= 11 is 0. The second-order valence-corrected chi connectivity index (χ2v) is 9.99. The highest BCUT2D eigenvalue weighted by molar-refractivity contribution is 5.85. The number of anilines is 2. The van der Waals surface area contributed by atoms with Crippen molar-refractivity contribution >= 4 is 22.7 Å². The van der Waals surface area contributed by atoms with Crippen molar-refractivity contribution in [2.75, 3.05) is 70.3 Å². The fourth-order valence-electron chi connectivity index (χ4n) is 4.75. The third-order valence-electron chi connectivity index (χ3n) is 6.94. The third kappa shape index (κ3) is 6.95. The summed E-state index contributed by atoms with van der Waals surface area (Å²) in [6, 6.07) is 6.04. The quantitative estimate of drug-likeness (QED) is 0.440. The Labute approximate surface area is 218 Å². The first kappa shape index (κ1) is 25.4. The molecule has 3 aromatic rings. The summed E-state index contributed by atoms with van der Waals surface area (Å²) in [7, 11) is 4.04. The highest BCUT2D eigenvalue weighted by atomic mass is 16.5. The van der Waals surface area contributed by atoms with E-state index in [-0.39, 0.29) is 6.10 Å². The van der Waals surface area contributed by atoms with Crippen LogP contribution in [0.25, 0.3) is 10.9 Å². The Morgan fingerprint density at radius 2 is 1.86 bits per heavy atom. The van der Waals surface area contributed by atoms with Crippen LogP contribution in [0.2, 0.25) is 0 Å². The lowest BCUT2D eigenvalue weighted by molar-refractivity contribution is 0.121. The van der Waals surface area contributed by atoms with E-state index in [1.54, 1.807) is 12.4 Å². The van der Waals surface area contributed by atoms with Gasteiger partial charge < -0.3 is 29.3 Å². The fourth-order valence-corrected chi connectivity index (χ4v) is 4.75. The highest BCUT2D eigenvalue weighted by Crippen LogP contribution is 2.32. The molecule has 0 bridgehead atoms. The first-order valence-electron chi connectivity index (χ1n) is 13.2. The molecule has 10 nitrogen and oxygen atoms in total. The number of pyridine rings is 2. The molecule has 0 atom stereocenters. The van der Waals surface area contributed by atoms with Crippen LogP contribution in [0.3, 0.4) is 0 Å². The summed E-state index contributed by atoms with van der Waals surface area (Å²) in [6.45, 7) is 5.43. The largest absolute Gasteiger partial charge is 0.489 e. The molecule has 10 heteroatoms. The van der Waals surface area contributed by atoms with Gasteiger partial charge in [-0.1, -0.05) is 0 Å². The third-order valence-corrected chi connectivity index (χ3v) is 6.94. The fraction of sp³-hybridized carbons (Fsp3) is 0.556. The van der Waals surface area contributed by atoms with Crippen LogP contribution in [0.5, 0.6) is 11.6 Å². The van der Waals surface area contributed by atoms with Crippen LogP contribution in [0.15, 0.2) is 36.8 Å². The molecule has 0 spiro atoms. The molecule has 1 aliphatic carbocycles. The molecule has 0 radical (unpaired) electrons. The van der Waals surface area contributed by atoms with Gasteiger partial charge in [-0.15, -0.1) is 0 Å². The molecule has 2 fully saturated rings. The molecule has 1 saturated carbocycles. The van der Waals surface area contributed by atoms with Crippen molar-refractivity contribution in [3.05, 3.63) is 36.8 Å². The Bertz CT molecular complexity index is 1130. The Morgan fingerprint density at radius 1 is 1.08 bits per heavy atom. The molecule has 4 heterocycles. The monoisotopic (exact) mass is 507 g/mol. The van der Waals surface area contributed by atoms with Crippen LogP contribution in [0.4, 0.5) is 11.8 Å². The second-order valence-electron chi connectivity index (χ2n) is 9.99. The first-order chi connectivity index (χ1) is 18.1. The Hall–Kier alpha value is -3.24. The zero-order chi connectivity index (χ0) is 25.5. The van der Waals surface area contributed by atoms with E-state index < -0.39 is 0 Å². The Balaban J connectivity index is 1.12. The maximum absolute atomic E-state index is 6.50. The molecule has 2 aliphatic rings. The number of morpholine rings is 1. The summed E-state index contributed by atoms with van der Waals surface area (Å²) < 4.78 is 17.7. The lowest BCUT2D eigenvalue weighted by Crippen LogP contribution is -2.36. The van der Waals surface area contributed by atoms with Gasteiger partial charge in [0.25, 0.3) is 0 Å². The predicted molar refractivity (Wildman–Crippen MR) is 144 cm³/mol.